The Labute approximate surface area is 141 Å². The lowest BCUT2D eigenvalue weighted by atomic mass is 10.2. The standard InChI is InChI=1S/C16H14FIN2O2/c17-12-5-3-4-11(10-12)15(21)19-8-9-20-16(22)13-6-1-2-7-14(13)18/h1-7,10H,8-9H2,(H,19,21)(H,20,22). The molecular weight excluding hydrogens is 398 g/mol. The maximum atomic E-state index is 13.0. The van der Waals surface area contributed by atoms with Crippen molar-refractivity contribution in [3.8, 4) is 0 Å². The molecular formula is C16H14FIN2O2. The van der Waals surface area contributed by atoms with Crippen molar-refractivity contribution in [2.75, 3.05) is 13.1 Å². The van der Waals surface area contributed by atoms with E-state index >= 15 is 0 Å². The van der Waals surface area contributed by atoms with Crippen LogP contribution in [0.15, 0.2) is 48.5 Å². The van der Waals surface area contributed by atoms with Crippen LogP contribution in [0.5, 0.6) is 0 Å². The largest absolute Gasteiger partial charge is 0.350 e. The Balaban J connectivity index is 1.79. The number of carbonyl (C=O) groups is 2. The monoisotopic (exact) mass is 412 g/mol. The van der Waals surface area contributed by atoms with Gasteiger partial charge in [-0.1, -0.05) is 18.2 Å². The zero-order chi connectivity index (χ0) is 15.9. The number of carbonyl (C=O) groups excluding carboxylic acids is 2. The van der Waals surface area contributed by atoms with Crippen LogP contribution in [0.2, 0.25) is 0 Å². The molecule has 0 aliphatic heterocycles. The van der Waals surface area contributed by atoms with Crippen LogP contribution < -0.4 is 10.6 Å². The molecule has 0 aliphatic rings. The Bertz CT molecular complexity index is 691. The molecule has 2 aromatic rings. The zero-order valence-electron chi connectivity index (χ0n) is 11.6. The molecule has 2 rings (SSSR count). The number of halogens is 2. The average molecular weight is 412 g/mol. The molecule has 0 fully saturated rings. The molecule has 0 bridgehead atoms. The second kappa shape index (κ2) is 7.88. The molecule has 0 aromatic heterocycles. The van der Waals surface area contributed by atoms with E-state index in [0.29, 0.717) is 12.1 Å². The number of hydrogen-bond donors (Lipinski definition) is 2. The van der Waals surface area contributed by atoms with Crippen LogP contribution in [0.3, 0.4) is 0 Å². The van der Waals surface area contributed by atoms with Gasteiger partial charge in [0.2, 0.25) is 0 Å². The molecule has 0 radical (unpaired) electrons. The van der Waals surface area contributed by atoms with Crippen LogP contribution in [0.1, 0.15) is 20.7 Å². The maximum absolute atomic E-state index is 13.0. The summed E-state index contributed by atoms with van der Waals surface area (Å²) in [6.07, 6.45) is 0. The molecule has 2 amide bonds. The summed E-state index contributed by atoms with van der Waals surface area (Å²) >= 11 is 2.09. The van der Waals surface area contributed by atoms with Gasteiger partial charge in [0.05, 0.1) is 5.56 Å². The van der Waals surface area contributed by atoms with Crippen LogP contribution in [0.4, 0.5) is 4.39 Å². The molecule has 0 atom stereocenters. The molecule has 2 N–H and O–H groups in total. The summed E-state index contributed by atoms with van der Waals surface area (Å²) in [4.78, 5) is 23.7. The molecule has 0 saturated carbocycles. The number of nitrogens with one attached hydrogen (secondary N) is 2. The van der Waals surface area contributed by atoms with Gasteiger partial charge in [0.15, 0.2) is 0 Å². The zero-order valence-corrected chi connectivity index (χ0v) is 13.8. The molecule has 0 saturated heterocycles. The predicted octanol–water partition coefficient (Wildman–Crippen LogP) is 2.59. The molecule has 0 unspecified atom stereocenters. The van der Waals surface area contributed by atoms with Gasteiger partial charge in [-0.25, -0.2) is 4.39 Å². The lowest BCUT2D eigenvalue weighted by molar-refractivity contribution is 0.0927. The van der Waals surface area contributed by atoms with Crippen LogP contribution in [0, 0.1) is 9.39 Å². The van der Waals surface area contributed by atoms with E-state index in [1.54, 1.807) is 12.1 Å². The molecule has 22 heavy (non-hydrogen) atoms. The van der Waals surface area contributed by atoms with E-state index in [9.17, 15) is 14.0 Å². The third kappa shape index (κ3) is 4.52. The van der Waals surface area contributed by atoms with Crippen molar-refractivity contribution in [1.82, 2.24) is 10.6 Å². The average Bonchev–Trinajstić information content (AvgIpc) is 2.51. The Hall–Kier alpha value is -1.96. The van der Waals surface area contributed by atoms with Gasteiger partial charge >= 0.3 is 0 Å². The fourth-order valence-electron chi connectivity index (χ4n) is 1.82. The third-order valence-electron chi connectivity index (χ3n) is 2.90. The summed E-state index contributed by atoms with van der Waals surface area (Å²) in [5, 5.41) is 5.35. The maximum Gasteiger partial charge on any atom is 0.252 e. The minimum atomic E-state index is -0.459. The van der Waals surface area contributed by atoms with Crippen molar-refractivity contribution in [3.63, 3.8) is 0 Å². The second-order valence-corrected chi connectivity index (χ2v) is 5.66. The Morgan fingerprint density at radius 1 is 0.955 bits per heavy atom. The van der Waals surface area contributed by atoms with Gasteiger partial charge in [0.25, 0.3) is 11.8 Å². The highest BCUT2D eigenvalue weighted by Crippen LogP contribution is 2.10. The number of rotatable bonds is 5. The Morgan fingerprint density at radius 2 is 1.64 bits per heavy atom. The topological polar surface area (TPSA) is 58.2 Å². The van der Waals surface area contributed by atoms with E-state index in [1.807, 2.05) is 12.1 Å². The second-order valence-electron chi connectivity index (χ2n) is 4.50. The normalized spacial score (nSPS) is 10.1. The highest BCUT2D eigenvalue weighted by molar-refractivity contribution is 14.1. The molecule has 0 aliphatic carbocycles. The highest BCUT2D eigenvalue weighted by atomic mass is 127. The van der Waals surface area contributed by atoms with Gasteiger partial charge < -0.3 is 10.6 Å². The van der Waals surface area contributed by atoms with E-state index in [2.05, 4.69) is 33.2 Å². The van der Waals surface area contributed by atoms with Crippen molar-refractivity contribution < 1.29 is 14.0 Å². The first kappa shape index (κ1) is 16.4. The van der Waals surface area contributed by atoms with Crippen LogP contribution >= 0.6 is 22.6 Å². The van der Waals surface area contributed by atoms with E-state index in [-0.39, 0.29) is 23.9 Å². The van der Waals surface area contributed by atoms with Gasteiger partial charge in [-0.15, -0.1) is 0 Å². The van der Waals surface area contributed by atoms with Crippen LogP contribution in [0.25, 0.3) is 0 Å². The van der Waals surface area contributed by atoms with E-state index in [0.717, 1.165) is 3.57 Å². The third-order valence-corrected chi connectivity index (χ3v) is 3.84. The summed E-state index contributed by atoms with van der Waals surface area (Å²) in [7, 11) is 0. The fourth-order valence-corrected chi connectivity index (χ4v) is 2.46. The number of amides is 2. The molecule has 0 heterocycles. The molecule has 2 aromatic carbocycles. The summed E-state index contributed by atoms with van der Waals surface area (Å²) < 4.78 is 13.9. The van der Waals surface area contributed by atoms with Gasteiger partial charge in [-0.3, -0.25) is 9.59 Å². The van der Waals surface area contributed by atoms with E-state index in [4.69, 9.17) is 0 Å². The van der Waals surface area contributed by atoms with Gasteiger partial charge in [0.1, 0.15) is 5.82 Å². The van der Waals surface area contributed by atoms with Gasteiger partial charge in [-0.2, -0.15) is 0 Å². The number of benzene rings is 2. The molecule has 0 spiro atoms. The summed E-state index contributed by atoms with van der Waals surface area (Å²) in [6.45, 7) is 0.565. The van der Waals surface area contributed by atoms with Crippen molar-refractivity contribution in [3.05, 3.63) is 69.0 Å². The lowest BCUT2D eigenvalue weighted by Crippen LogP contribution is -2.35. The number of hydrogen-bond acceptors (Lipinski definition) is 2. The first-order valence-electron chi connectivity index (χ1n) is 6.64. The smallest absolute Gasteiger partial charge is 0.252 e. The van der Waals surface area contributed by atoms with Crippen LogP contribution in [-0.2, 0) is 0 Å². The predicted molar refractivity (Wildman–Crippen MR) is 90.2 cm³/mol. The van der Waals surface area contributed by atoms with E-state index in [1.165, 1.54) is 24.3 Å². The van der Waals surface area contributed by atoms with Crippen molar-refractivity contribution >= 4 is 34.4 Å². The summed E-state index contributed by atoms with van der Waals surface area (Å²) in [5.74, 6) is -1.02. The fraction of sp³-hybridized carbons (Fsp3) is 0.125. The van der Waals surface area contributed by atoms with Crippen molar-refractivity contribution in [2.24, 2.45) is 0 Å². The Kier molecular flexibility index (Phi) is 5.88. The molecule has 6 heteroatoms. The lowest BCUT2D eigenvalue weighted by Gasteiger charge is -2.08. The van der Waals surface area contributed by atoms with Crippen molar-refractivity contribution in [1.29, 1.82) is 0 Å². The van der Waals surface area contributed by atoms with E-state index < -0.39 is 5.82 Å². The molecule has 114 valence electrons. The SMILES string of the molecule is O=C(NCCNC(=O)c1ccccc1I)c1cccc(F)c1. The van der Waals surface area contributed by atoms with Crippen molar-refractivity contribution in [2.45, 2.75) is 0 Å². The minimum absolute atomic E-state index is 0.190. The quantitative estimate of drug-likeness (QED) is 0.586. The van der Waals surface area contributed by atoms with Gasteiger partial charge in [0, 0.05) is 22.2 Å². The summed E-state index contributed by atoms with van der Waals surface area (Å²) in [6, 6.07) is 12.7. The van der Waals surface area contributed by atoms with Crippen LogP contribution in [-0.4, -0.2) is 24.9 Å². The summed E-state index contributed by atoms with van der Waals surface area (Å²) in [5.41, 5.74) is 0.850. The van der Waals surface area contributed by atoms with Gasteiger partial charge in [-0.05, 0) is 52.9 Å². The minimum Gasteiger partial charge on any atom is -0.350 e. The molecule has 4 nitrogen and oxygen atoms in total. The first-order valence-corrected chi connectivity index (χ1v) is 7.72. The highest BCUT2D eigenvalue weighted by Gasteiger charge is 2.09. The Morgan fingerprint density at radius 3 is 2.32 bits per heavy atom. The first-order chi connectivity index (χ1) is 10.6.